The standard InChI is InChI=1S/C15H27IO/c1-2-12-8-6-7-10-14(12)17-15-11-5-3-4-9-13(15)16/h12-15H,2-11H2,1H3. The molecule has 0 heterocycles. The molecule has 0 N–H and O–H groups in total. The Balaban J connectivity index is 1.88. The van der Waals surface area contributed by atoms with Gasteiger partial charge >= 0.3 is 0 Å². The molecule has 1 nitrogen and oxygen atoms in total. The maximum absolute atomic E-state index is 6.52. The molecule has 2 heteroatoms. The van der Waals surface area contributed by atoms with Crippen LogP contribution in [0.15, 0.2) is 0 Å². The van der Waals surface area contributed by atoms with Crippen LogP contribution >= 0.6 is 22.6 Å². The third-order valence-electron chi connectivity index (χ3n) is 4.59. The van der Waals surface area contributed by atoms with Crippen LogP contribution in [0.4, 0.5) is 0 Å². The number of rotatable bonds is 3. The van der Waals surface area contributed by atoms with Crippen molar-refractivity contribution in [3.63, 3.8) is 0 Å². The van der Waals surface area contributed by atoms with E-state index in [0.29, 0.717) is 12.2 Å². The van der Waals surface area contributed by atoms with Crippen molar-refractivity contribution in [2.24, 2.45) is 5.92 Å². The first kappa shape index (κ1) is 14.1. The van der Waals surface area contributed by atoms with Crippen LogP contribution in [0.1, 0.15) is 71.1 Å². The van der Waals surface area contributed by atoms with Crippen molar-refractivity contribution < 1.29 is 4.74 Å². The molecule has 100 valence electrons. The molecular formula is C15H27IO. The van der Waals surface area contributed by atoms with Crippen molar-refractivity contribution in [2.45, 2.75) is 87.3 Å². The topological polar surface area (TPSA) is 9.23 Å². The molecule has 2 aliphatic rings. The van der Waals surface area contributed by atoms with E-state index in [9.17, 15) is 0 Å². The van der Waals surface area contributed by atoms with Crippen LogP contribution in [0.2, 0.25) is 0 Å². The molecule has 0 radical (unpaired) electrons. The van der Waals surface area contributed by atoms with E-state index in [1.54, 1.807) is 0 Å². The highest BCUT2D eigenvalue weighted by molar-refractivity contribution is 14.1. The Labute approximate surface area is 120 Å². The third kappa shape index (κ3) is 4.09. The minimum absolute atomic E-state index is 0.551. The zero-order valence-electron chi connectivity index (χ0n) is 11.2. The van der Waals surface area contributed by atoms with Gasteiger partial charge in [0.15, 0.2) is 0 Å². The van der Waals surface area contributed by atoms with E-state index in [-0.39, 0.29) is 0 Å². The van der Waals surface area contributed by atoms with Crippen molar-refractivity contribution in [1.82, 2.24) is 0 Å². The fraction of sp³-hybridized carbons (Fsp3) is 1.00. The zero-order chi connectivity index (χ0) is 12.1. The van der Waals surface area contributed by atoms with Crippen LogP contribution in [0.5, 0.6) is 0 Å². The summed E-state index contributed by atoms with van der Waals surface area (Å²) in [6, 6.07) is 0. The van der Waals surface area contributed by atoms with E-state index < -0.39 is 0 Å². The summed E-state index contributed by atoms with van der Waals surface area (Å²) in [4.78, 5) is 0. The Morgan fingerprint density at radius 2 is 1.53 bits per heavy atom. The van der Waals surface area contributed by atoms with Crippen molar-refractivity contribution in [1.29, 1.82) is 0 Å². The summed E-state index contributed by atoms with van der Waals surface area (Å²) < 4.78 is 7.28. The molecule has 2 rings (SSSR count). The first-order valence-electron chi connectivity index (χ1n) is 7.60. The molecule has 0 aromatic carbocycles. The summed E-state index contributed by atoms with van der Waals surface area (Å²) in [7, 11) is 0. The van der Waals surface area contributed by atoms with Crippen molar-refractivity contribution in [3.05, 3.63) is 0 Å². The summed E-state index contributed by atoms with van der Waals surface area (Å²) in [5.74, 6) is 0.843. The molecule has 0 spiro atoms. The van der Waals surface area contributed by atoms with Crippen LogP contribution in [-0.4, -0.2) is 16.1 Å². The highest BCUT2D eigenvalue weighted by Gasteiger charge is 2.30. The molecule has 2 fully saturated rings. The molecule has 0 bridgehead atoms. The molecular weight excluding hydrogens is 323 g/mol. The normalized spacial score (nSPS) is 39.9. The molecule has 0 amide bonds. The SMILES string of the molecule is CCC1CCCCC1OC1CCCCCC1I. The zero-order valence-corrected chi connectivity index (χ0v) is 13.3. The van der Waals surface area contributed by atoms with Gasteiger partial charge in [0.1, 0.15) is 0 Å². The summed E-state index contributed by atoms with van der Waals surface area (Å²) >= 11 is 2.63. The number of alkyl halides is 1. The highest BCUT2D eigenvalue weighted by atomic mass is 127. The van der Waals surface area contributed by atoms with Crippen molar-refractivity contribution in [2.75, 3.05) is 0 Å². The molecule has 0 aromatic rings. The second kappa shape index (κ2) is 7.32. The number of hydrogen-bond donors (Lipinski definition) is 0. The molecule has 2 saturated carbocycles. The number of hydrogen-bond acceptors (Lipinski definition) is 1. The summed E-state index contributed by atoms with van der Waals surface area (Å²) in [6.45, 7) is 2.33. The minimum atomic E-state index is 0.551. The van der Waals surface area contributed by atoms with E-state index >= 15 is 0 Å². The first-order valence-corrected chi connectivity index (χ1v) is 8.85. The third-order valence-corrected chi connectivity index (χ3v) is 6.01. The summed E-state index contributed by atoms with van der Waals surface area (Å²) in [5.41, 5.74) is 0. The minimum Gasteiger partial charge on any atom is -0.374 e. The molecule has 0 saturated heterocycles. The van der Waals surface area contributed by atoms with Crippen LogP contribution < -0.4 is 0 Å². The van der Waals surface area contributed by atoms with Gasteiger partial charge in [0.05, 0.1) is 12.2 Å². The second-order valence-electron chi connectivity index (χ2n) is 5.82. The largest absolute Gasteiger partial charge is 0.374 e. The quantitative estimate of drug-likeness (QED) is 0.391. The van der Waals surface area contributed by atoms with Gasteiger partial charge in [-0.3, -0.25) is 0 Å². The molecule has 4 atom stereocenters. The second-order valence-corrected chi connectivity index (χ2v) is 7.42. The Morgan fingerprint density at radius 3 is 2.35 bits per heavy atom. The fourth-order valence-electron chi connectivity index (χ4n) is 3.43. The monoisotopic (exact) mass is 350 g/mol. The van der Waals surface area contributed by atoms with Gasteiger partial charge in [0, 0.05) is 3.92 Å². The van der Waals surface area contributed by atoms with E-state index in [0.717, 1.165) is 9.84 Å². The average Bonchev–Trinajstić information content (AvgIpc) is 2.56. The van der Waals surface area contributed by atoms with Crippen LogP contribution in [-0.2, 0) is 4.74 Å². The smallest absolute Gasteiger partial charge is 0.0696 e. The van der Waals surface area contributed by atoms with Gasteiger partial charge in [-0.25, -0.2) is 0 Å². The summed E-state index contributed by atoms with van der Waals surface area (Å²) in [5, 5.41) is 0. The predicted molar refractivity (Wildman–Crippen MR) is 81.8 cm³/mol. The van der Waals surface area contributed by atoms with Gasteiger partial charge in [-0.1, -0.05) is 68.0 Å². The molecule has 4 unspecified atom stereocenters. The van der Waals surface area contributed by atoms with E-state index in [4.69, 9.17) is 4.74 Å². The maximum atomic E-state index is 6.52. The van der Waals surface area contributed by atoms with Crippen molar-refractivity contribution >= 4 is 22.6 Å². The Kier molecular flexibility index (Phi) is 6.07. The van der Waals surface area contributed by atoms with E-state index in [2.05, 4.69) is 29.5 Å². The Hall–Kier alpha value is 0.690. The highest BCUT2D eigenvalue weighted by Crippen LogP contribution is 2.34. The van der Waals surface area contributed by atoms with Gasteiger partial charge in [-0.15, -0.1) is 0 Å². The van der Waals surface area contributed by atoms with Gasteiger partial charge < -0.3 is 4.74 Å². The molecule has 0 aromatic heterocycles. The van der Waals surface area contributed by atoms with Gasteiger partial charge in [-0.05, 0) is 31.6 Å². The number of ether oxygens (including phenoxy) is 1. The van der Waals surface area contributed by atoms with Gasteiger partial charge in [0.2, 0.25) is 0 Å². The van der Waals surface area contributed by atoms with Crippen LogP contribution in [0, 0.1) is 5.92 Å². The molecule has 2 aliphatic carbocycles. The molecule has 0 aliphatic heterocycles. The maximum Gasteiger partial charge on any atom is 0.0696 e. The Bertz CT molecular complexity index is 219. The van der Waals surface area contributed by atoms with E-state index in [1.807, 2.05) is 0 Å². The lowest BCUT2D eigenvalue weighted by Crippen LogP contribution is -2.35. The molecule has 17 heavy (non-hydrogen) atoms. The van der Waals surface area contributed by atoms with Gasteiger partial charge in [0.25, 0.3) is 0 Å². The first-order chi connectivity index (χ1) is 8.31. The Morgan fingerprint density at radius 1 is 0.882 bits per heavy atom. The summed E-state index contributed by atoms with van der Waals surface area (Å²) in [6.07, 6.45) is 14.9. The average molecular weight is 350 g/mol. The number of halogens is 1. The lowest BCUT2D eigenvalue weighted by Gasteiger charge is -2.35. The fourth-order valence-corrected chi connectivity index (χ4v) is 4.40. The van der Waals surface area contributed by atoms with Crippen LogP contribution in [0.25, 0.3) is 0 Å². The lowest BCUT2D eigenvalue weighted by atomic mass is 9.84. The lowest BCUT2D eigenvalue weighted by molar-refractivity contribution is -0.0614. The van der Waals surface area contributed by atoms with E-state index in [1.165, 1.54) is 64.2 Å². The van der Waals surface area contributed by atoms with Gasteiger partial charge in [-0.2, -0.15) is 0 Å². The predicted octanol–water partition coefficient (Wildman–Crippen LogP) is 5.11. The van der Waals surface area contributed by atoms with Crippen LogP contribution in [0.3, 0.4) is 0 Å². The van der Waals surface area contributed by atoms with Crippen molar-refractivity contribution in [3.8, 4) is 0 Å².